The Kier molecular flexibility index (Phi) is 6.17. The van der Waals surface area contributed by atoms with Crippen molar-refractivity contribution in [2.75, 3.05) is 7.11 Å². The van der Waals surface area contributed by atoms with Crippen LogP contribution >= 0.6 is 34.8 Å². The summed E-state index contributed by atoms with van der Waals surface area (Å²) in [5, 5.41) is 5.75. The van der Waals surface area contributed by atoms with Gasteiger partial charge in [-0.1, -0.05) is 34.8 Å². The zero-order valence-electron chi connectivity index (χ0n) is 12.3. The fourth-order valence-electron chi connectivity index (χ4n) is 1.59. The Labute approximate surface area is 140 Å². The summed E-state index contributed by atoms with van der Waals surface area (Å²) in [6.45, 7) is 5.74. The number of amides is 1. The second kappa shape index (κ2) is 7.05. The van der Waals surface area contributed by atoms with Gasteiger partial charge < -0.3 is 10.1 Å². The van der Waals surface area contributed by atoms with E-state index < -0.39 is 9.96 Å². The van der Waals surface area contributed by atoms with Crippen LogP contribution in [0.3, 0.4) is 0 Å². The molecule has 0 saturated heterocycles. The quantitative estimate of drug-likeness (QED) is 0.643. The van der Waals surface area contributed by atoms with Gasteiger partial charge in [-0.2, -0.15) is 0 Å². The SMILES string of the molecule is COc1ccc(C(=O)N[C@H](NC(C)(C)C)C(Cl)(Cl)Cl)cc1. The number of halogens is 3. The Balaban J connectivity index is 2.84. The molecular weight excluding hydrogens is 335 g/mol. The van der Waals surface area contributed by atoms with Crippen molar-refractivity contribution in [3.05, 3.63) is 29.8 Å². The molecule has 0 fully saturated rings. The topological polar surface area (TPSA) is 50.4 Å². The molecule has 7 heteroatoms. The molecule has 0 bridgehead atoms. The Morgan fingerprint density at radius 3 is 2.05 bits per heavy atom. The summed E-state index contributed by atoms with van der Waals surface area (Å²) < 4.78 is 3.37. The maximum atomic E-state index is 12.2. The number of methoxy groups -OCH3 is 1. The summed E-state index contributed by atoms with van der Waals surface area (Å²) in [5.41, 5.74) is 0.118. The Hall–Kier alpha value is -0.680. The van der Waals surface area contributed by atoms with Gasteiger partial charge in [0.1, 0.15) is 11.9 Å². The lowest BCUT2D eigenvalue weighted by Gasteiger charge is -2.33. The van der Waals surface area contributed by atoms with Gasteiger partial charge in [0.25, 0.3) is 5.91 Å². The molecule has 4 nitrogen and oxygen atoms in total. The number of alkyl halides is 3. The van der Waals surface area contributed by atoms with Crippen molar-refractivity contribution in [3.8, 4) is 5.75 Å². The molecule has 1 rings (SSSR count). The summed E-state index contributed by atoms with van der Waals surface area (Å²) in [6.07, 6.45) is -0.822. The van der Waals surface area contributed by atoms with Crippen LogP contribution in [0.4, 0.5) is 0 Å². The van der Waals surface area contributed by atoms with E-state index in [0.29, 0.717) is 11.3 Å². The van der Waals surface area contributed by atoms with Gasteiger partial charge in [-0.25, -0.2) is 0 Å². The van der Waals surface area contributed by atoms with Crippen LogP contribution in [-0.4, -0.2) is 28.5 Å². The number of hydrogen-bond acceptors (Lipinski definition) is 3. The van der Waals surface area contributed by atoms with Gasteiger partial charge in [0.05, 0.1) is 7.11 Å². The van der Waals surface area contributed by atoms with E-state index in [4.69, 9.17) is 39.5 Å². The monoisotopic (exact) mass is 352 g/mol. The number of benzene rings is 1. The highest BCUT2D eigenvalue weighted by atomic mass is 35.6. The third kappa shape index (κ3) is 6.30. The molecule has 21 heavy (non-hydrogen) atoms. The van der Waals surface area contributed by atoms with Gasteiger partial charge in [0, 0.05) is 11.1 Å². The molecule has 2 N–H and O–H groups in total. The average molecular weight is 354 g/mol. The molecule has 0 unspecified atom stereocenters. The normalized spacial score (nSPS) is 13.7. The molecule has 0 aliphatic carbocycles. The Bertz CT molecular complexity index is 478. The third-order valence-electron chi connectivity index (χ3n) is 2.53. The standard InChI is InChI=1S/C14H19Cl3N2O2/c1-13(2,3)19-12(14(15,16)17)18-11(20)9-5-7-10(21-4)8-6-9/h5-8,12,19H,1-4H3,(H,18,20)/t12-/m1/s1. The smallest absolute Gasteiger partial charge is 0.252 e. The first-order valence-electron chi connectivity index (χ1n) is 6.32. The Morgan fingerprint density at radius 1 is 1.14 bits per heavy atom. The van der Waals surface area contributed by atoms with E-state index in [1.54, 1.807) is 31.4 Å². The predicted octanol–water partition coefficient (Wildman–Crippen LogP) is 3.51. The van der Waals surface area contributed by atoms with Crippen molar-refractivity contribution >= 4 is 40.7 Å². The van der Waals surface area contributed by atoms with Crippen LogP contribution in [0.5, 0.6) is 5.75 Å². The van der Waals surface area contributed by atoms with Crippen LogP contribution in [0.25, 0.3) is 0 Å². The molecule has 0 aliphatic rings. The van der Waals surface area contributed by atoms with Gasteiger partial charge in [-0.3, -0.25) is 10.1 Å². The van der Waals surface area contributed by atoms with E-state index in [0.717, 1.165) is 0 Å². The molecule has 0 aromatic heterocycles. The van der Waals surface area contributed by atoms with Gasteiger partial charge in [0.15, 0.2) is 0 Å². The maximum absolute atomic E-state index is 12.2. The summed E-state index contributed by atoms with van der Waals surface area (Å²) in [6, 6.07) is 6.66. The van der Waals surface area contributed by atoms with E-state index in [2.05, 4.69) is 10.6 Å². The van der Waals surface area contributed by atoms with E-state index in [1.807, 2.05) is 20.8 Å². The van der Waals surface area contributed by atoms with Crippen LogP contribution in [0.1, 0.15) is 31.1 Å². The lowest BCUT2D eigenvalue weighted by atomic mass is 10.1. The first kappa shape index (κ1) is 18.4. The lowest BCUT2D eigenvalue weighted by Crippen LogP contribution is -2.58. The fourth-order valence-corrected chi connectivity index (χ4v) is 1.92. The highest BCUT2D eigenvalue weighted by molar-refractivity contribution is 6.68. The molecule has 1 atom stereocenters. The second-order valence-electron chi connectivity index (χ2n) is 5.57. The number of ether oxygens (including phenoxy) is 1. The van der Waals surface area contributed by atoms with Crippen LogP contribution in [0.15, 0.2) is 24.3 Å². The average Bonchev–Trinajstić information content (AvgIpc) is 2.35. The Morgan fingerprint density at radius 2 is 1.67 bits per heavy atom. The van der Waals surface area contributed by atoms with E-state index >= 15 is 0 Å². The van der Waals surface area contributed by atoms with E-state index in [9.17, 15) is 4.79 Å². The van der Waals surface area contributed by atoms with Crippen LogP contribution in [0.2, 0.25) is 0 Å². The van der Waals surface area contributed by atoms with E-state index in [-0.39, 0.29) is 11.4 Å². The highest BCUT2D eigenvalue weighted by Gasteiger charge is 2.36. The number of carbonyl (C=O) groups is 1. The first-order valence-corrected chi connectivity index (χ1v) is 7.45. The zero-order valence-corrected chi connectivity index (χ0v) is 14.6. The first-order chi connectivity index (χ1) is 9.53. The third-order valence-corrected chi connectivity index (χ3v) is 3.19. The highest BCUT2D eigenvalue weighted by Crippen LogP contribution is 2.30. The van der Waals surface area contributed by atoms with Crippen molar-refractivity contribution in [2.24, 2.45) is 0 Å². The largest absolute Gasteiger partial charge is 0.497 e. The van der Waals surface area contributed by atoms with Gasteiger partial charge in [-0.05, 0) is 45.0 Å². The zero-order chi connectivity index (χ0) is 16.3. The predicted molar refractivity (Wildman–Crippen MR) is 87.4 cm³/mol. The van der Waals surface area contributed by atoms with Gasteiger partial charge in [0.2, 0.25) is 3.79 Å². The second-order valence-corrected chi connectivity index (χ2v) is 7.94. The summed E-state index contributed by atoms with van der Waals surface area (Å²) in [4.78, 5) is 12.2. The van der Waals surface area contributed by atoms with Crippen LogP contribution < -0.4 is 15.4 Å². The summed E-state index contributed by atoms with van der Waals surface area (Å²) in [7, 11) is 1.56. The van der Waals surface area contributed by atoms with Crippen molar-refractivity contribution < 1.29 is 9.53 Å². The molecule has 0 radical (unpaired) electrons. The van der Waals surface area contributed by atoms with Crippen molar-refractivity contribution in [1.29, 1.82) is 0 Å². The minimum Gasteiger partial charge on any atom is -0.497 e. The van der Waals surface area contributed by atoms with Crippen LogP contribution in [-0.2, 0) is 0 Å². The minimum absolute atomic E-state index is 0.332. The number of carbonyl (C=O) groups excluding carboxylic acids is 1. The molecule has 0 saturated carbocycles. The molecule has 0 spiro atoms. The number of rotatable bonds is 4. The van der Waals surface area contributed by atoms with E-state index in [1.165, 1.54) is 0 Å². The van der Waals surface area contributed by atoms with Gasteiger partial charge in [-0.15, -0.1) is 0 Å². The van der Waals surface area contributed by atoms with Gasteiger partial charge >= 0.3 is 0 Å². The molecule has 118 valence electrons. The fraction of sp³-hybridized carbons (Fsp3) is 0.500. The summed E-state index contributed by atoms with van der Waals surface area (Å²) >= 11 is 17.8. The molecule has 0 aliphatic heterocycles. The van der Waals surface area contributed by atoms with Crippen molar-refractivity contribution in [2.45, 2.75) is 36.3 Å². The molecule has 1 amide bonds. The minimum atomic E-state index is -1.67. The maximum Gasteiger partial charge on any atom is 0.252 e. The summed E-state index contributed by atoms with van der Waals surface area (Å²) in [5.74, 6) is 0.322. The van der Waals surface area contributed by atoms with Crippen molar-refractivity contribution in [1.82, 2.24) is 10.6 Å². The number of hydrogen-bond donors (Lipinski definition) is 2. The van der Waals surface area contributed by atoms with Crippen LogP contribution in [0, 0.1) is 0 Å². The molecule has 1 aromatic rings. The molecule has 1 aromatic carbocycles. The molecule has 0 heterocycles. The van der Waals surface area contributed by atoms with Crippen molar-refractivity contribution in [3.63, 3.8) is 0 Å². The lowest BCUT2D eigenvalue weighted by molar-refractivity contribution is 0.0922. The number of nitrogens with one attached hydrogen (secondary N) is 2. The molecular formula is C14H19Cl3N2O2.